The Morgan fingerprint density at radius 1 is 1.00 bits per heavy atom. The predicted molar refractivity (Wildman–Crippen MR) is 113 cm³/mol. The van der Waals surface area contributed by atoms with E-state index in [0.717, 1.165) is 5.56 Å². The van der Waals surface area contributed by atoms with E-state index in [9.17, 15) is 22.8 Å². The molecule has 0 saturated heterocycles. The maximum absolute atomic E-state index is 14.4. The number of aryl methyl sites for hydroxylation is 1. The minimum atomic E-state index is -4.99. The average Bonchev–Trinajstić information content (AvgIpc) is 2.77. The number of carbonyl (C=O) groups excluding carboxylic acids is 2. The molecular weight excluding hydrogens is 421 g/mol. The first-order valence-corrected chi connectivity index (χ1v) is 9.81. The number of hydrogen-bond acceptors (Lipinski definition) is 3. The van der Waals surface area contributed by atoms with Crippen LogP contribution in [0.2, 0.25) is 0 Å². The molecule has 0 aromatic heterocycles. The van der Waals surface area contributed by atoms with E-state index in [0.29, 0.717) is 11.1 Å². The molecule has 164 valence electrons. The molecule has 32 heavy (non-hydrogen) atoms. The second-order valence-electron chi connectivity index (χ2n) is 7.51. The van der Waals surface area contributed by atoms with Crippen LogP contribution in [0.25, 0.3) is 11.1 Å². The molecule has 0 saturated carbocycles. The largest absolute Gasteiger partial charge is 0.434 e. The molecule has 1 aliphatic rings. The van der Waals surface area contributed by atoms with Crippen molar-refractivity contribution in [3.8, 4) is 11.1 Å². The Kier molecular flexibility index (Phi) is 5.38. The van der Waals surface area contributed by atoms with Gasteiger partial charge in [0.15, 0.2) is 0 Å². The van der Waals surface area contributed by atoms with Crippen molar-refractivity contribution >= 4 is 17.7 Å². The van der Waals surface area contributed by atoms with Gasteiger partial charge in [-0.05, 0) is 42.3 Å². The fourth-order valence-corrected chi connectivity index (χ4v) is 3.60. The van der Waals surface area contributed by atoms with E-state index in [-0.39, 0.29) is 16.8 Å². The molecule has 5 nitrogen and oxygen atoms in total. The van der Waals surface area contributed by atoms with Crippen LogP contribution in [0.4, 0.5) is 23.7 Å². The van der Waals surface area contributed by atoms with Crippen molar-refractivity contribution in [1.82, 2.24) is 5.32 Å². The molecule has 2 amide bonds. The lowest BCUT2D eigenvalue weighted by atomic mass is 9.87. The topological polar surface area (TPSA) is 67.4 Å². The second-order valence-corrected chi connectivity index (χ2v) is 7.51. The molecule has 8 heteroatoms. The van der Waals surface area contributed by atoms with Crippen molar-refractivity contribution in [3.63, 3.8) is 0 Å². The van der Waals surface area contributed by atoms with Gasteiger partial charge >= 0.3 is 12.3 Å². The summed E-state index contributed by atoms with van der Waals surface area (Å²) in [4.78, 5) is 24.6. The zero-order chi connectivity index (χ0) is 22.9. The number of rotatable bonds is 4. The Morgan fingerprint density at radius 2 is 1.69 bits per heavy atom. The minimum Gasteiger partial charge on any atom is -0.426 e. The van der Waals surface area contributed by atoms with E-state index in [1.54, 1.807) is 48.5 Å². The number of cyclic esters (lactones) is 1. The van der Waals surface area contributed by atoms with Crippen molar-refractivity contribution in [1.29, 1.82) is 0 Å². The SMILES string of the molecule is Cc1ccc(C(=O)NCC2(C(F)(F)F)OC(=O)Nc3ccc(-c4ccccc4)cc32)cc1. The lowest BCUT2D eigenvalue weighted by Gasteiger charge is -2.39. The molecule has 3 aromatic carbocycles. The lowest BCUT2D eigenvalue weighted by Crippen LogP contribution is -2.56. The van der Waals surface area contributed by atoms with Crippen LogP contribution in [0.1, 0.15) is 21.5 Å². The Labute approximate surface area is 182 Å². The predicted octanol–water partition coefficient (Wildman–Crippen LogP) is 5.41. The molecule has 0 radical (unpaired) electrons. The molecule has 4 rings (SSSR count). The van der Waals surface area contributed by atoms with Crippen LogP contribution in [-0.4, -0.2) is 24.7 Å². The summed E-state index contributed by atoms with van der Waals surface area (Å²) < 4.78 is 48.2. The maximum atomic E-state index is 14.4. The van der Waals surface area contributed by atoms with Gasteiger partial charge < -0.3 is 10.1 Å². The van der Waals surface area contributed by atoms with Crippen LogP contribution >= 0.6 is 0 Å². The number of fused-ring (bicyclic) bond motifs is 1. The maximum Gasteiger partial charge on any atom is 0.434 e. The molecule has 1 unspecified atom stereocenters. The standard InChI is InChI=1S/C24H19F3N2O3/c1-15-7-9-17(10-8-15)21(30)28-14-23(24(25,26)27)19-13-18(16-5-3-2-4-6-16)11-12-20(19)29-22(31)32-23/h2-13H,14H2,1H3,(H,28,30)(H,29,31). The fourth-order valence-electron chi connectivity index (χ4n) is 3.60. The van der Waals surface area contributed by atoms with Gasteiger partial charge in [-0.15, -0.1) is 0 Å². The first kappa shape index (κ1) is 21.4. The first-order chi connectivity index (χ1) is 15.2. The highest BCUT2D eigenvalue weighted by Crippen LogP contribution is 2.48. The monoisotopic (exact) mass is 440 g/mol. The van der Waals surface area contributed by atoms with Crippen molar-refractivity contribution in [2.45, 2.75) is 18.7 Å². The van der Waals surface area contributed by atoms with E-state index in [4.69, 9.17) is 4.74 Å². The molecule has 1 heterocycles. The Bertz CT molecular complexity index is 1160. The van der Waals surface area contributed by atoms with Crippen LogP contribution in [0, 0.1) is 6.92 Å². The van der Waals surface area contributed by atoms with Gasteiger partial charge in [0, 0.05) is 11.1 Å². The quantitative estimate of drug-likeness (QED) is 0.570. The summed E-state index contributed by atoms with van der Waals surface area (Å²) in [6.07, 6.45) is -6.23. The van der Waals surface area contributed by atoms with E-state index in [2.05, 4.69) is 10.6 Å². The van der Waals surface area contributed by atoms with Gasteiger partial charge in [0.2, 0.25) is 0 Å². The van der Waals surface area contributed by atoms with Crippen molar-refractivity contribution in [3.05, 3.63) is 89.5 Å². The highest BCUT2D eigenvalue weighted by molar-refractivity contribution is 5.94. The van der Waals surface area contributed by atoms with Gasteiger partial charge in [0.05, 0.1) is 12.2 Å². The van der Waals surface area contributed by atoms with Gasteiger partial charge in [-0.2, -0.15) is 13.2 Å². The number of nitrogens with one attached hydrogen (secondary N) is 2. The summed E-state index contributed by atoms with van der Waals surface area (Å²) in [5, 5.41) is 4.61. The van der Waals surface area contributed by atoms with Crippen LogP contribution in [-0.2, 0) is 10.3 Å². The summed E-state index contributed by atoms with van der Waals surface area (Å²) in [6, 6.07) is 19.6. The molecular formula is C24H19F3N2O3. The summed E-state index contributed by atoms with van der Waals surface area (Å²) in [7, 11) is 0. The third-order valence-corrected chi connectivity index (χ3v) is 5.33. The molecule has 3 aromatic rings. The van der Waals surface area contributed by atoms with Gasteiger partial charge in [0.1, 0.15) is 0 Å². The number of ether oxygens (including phenoxy) is 1. The van der Waals surface area contributed by atoms with E-state index >= 15 is 0 Å². The lowest BCUT2D eigenvalue weighted by molar-refractivity contribution is -0.261. The van der Waals surface area contributed by atoms with Crippen molar-refractivity contribution in [2.24, 2.45) is 0 Å². The summed E-state index contributed by atoms with van der Waals surface area (Å²) in [5.41, 5.74) is -1.03. The molecule has 0 spiro atoms. The van der Waals surface area contributed by atoms with Crippen LogP contribution in [0.3, 0.4) is 0 Å². The number of hydrogen-bond donors (Lipinski definition) is 2. The third kappa shape index (κ3) is 3.91. The van der Waals surface area contributed by atoms with Gasteiger partial charge in [-0.1, -0.05) is 54.1 Å². The number of carbonyl (C=O) groups is 2. The van der Waals surface area contributed by atoms with Crippen LogP contribution in [0.5, 0.6) is 0 Å². The van der Waals surface area contributed by atoms with Crippen LogP contribution < -0.4 is 10.6 Å². The number of halogens is 3. The normalized spacial score (nSPS) is 17.7. The third-order valence-electron chi connectivity index (χ3n) is 5.33. The first-order valence-electron chi connectivity index (χ1n) is 9.81. The number of benzene rings is 3. The highest BCUT2D eigenvalue weighted by Gasteiger charge is 2.62. The van der Waals surface area contributed by atoms with Gasteiger partial charge in [-0.3, -0.25) is 10.1 Å². The Hall–Kier alpha value is -3.81. The highest BCUT2D eigenvalue weighted by atomic mass is 19.4. The van der Waals surface area contributed by atoms with E-state index < -0.39 is 30.3 Å². The summed E-state index contributed by atoms with van der Waals surface area (Å²) in [5.74, 6) is -0.705. The van der Waals surface area contributed by atoms with E-state index in [1.165, 1.54) is 24.3 Å². The molecule has 1 atom stereocenters. The second kappa shape index (κ2) is 8.03. The molecule has 0 fully saturated rings. The minimum absolute atomic E-state index is 0.0251. The summed E-state index contributed by atoms with van der Waals surface area (Å²) >= 11 is 0. The van der Waals surface area contributed by atoms with Gasteiger partial charge in [0.25, 0.3) is 11.5 Å². The summed E-state index contributed by atoms with van der Waals surface area (Å²) in [6.45, 7) is 0.859. The number of anilines is 1. The molecule has 1 aliphatic heterocycles. The van der Waals surface area contributed by atoms with Crippen molar-refractivity contribution < 1.29 is 27.5 Å². The van der Waals surface area contributed by atoms with Gasteiger partial charge in [-0.25, -0.2) is 4.79 Å². The molecule has 0 aliphatic carbocycles. The van der Waals surface area contributed by atoms with E-state index in [1.807, 2.05) is 6.92 Å². The average molecular weight is 440 g/mol. The van der Waals surface area contributed by atoms with Crippen LogP contribution in [0.15, 0.2) is 72.8 Å². The number of alkyl halides is 3. The molecule has 0 bridgehead atoms. The smallest absolute Gasteiger partial charge is 0.426 e. The molecule has 2 N–H and O–H groups in total. The Balaban J connectivity index is 1.75. The van der Waals surface area contributed by atoms with Crippen molar-refractivity contribution in [2.75, 3.05) is 11.9 Å². The fraction of sp³-hybridized carbons (Fsp3) is 0.167. The zero-order valence-electron chi connectivity index (χ0n) is 17.0. The Morgan fingerprint density at radius 3 is 2.34 bits per heavy atom. The zero-order valence-corrected chi connectivity index (χ0v) is 17.0. The number of amides is 2.